The Morgan fingerprint density at radius 2 is 1.92 bits per heavy atom. The summed E-state index contributed by atoms with van der Waals surface area (Å²) < 4.78 is 4.90. The van der Waals surface area contributed by atoms with Gasteiger partial charge in [-0.25, -0.2) is 9.78 Å². The SMILES string of the molecule is O=C(Nc1ccno1)N1CCN(c2nc(-c3ccccc3)cs2)CC1. The van der Waals surface area contributed by atoms with E-state index in [0.717, 1.165) is 29.5 Å². The zero-order chi connectivity index (χ0) is 17.1. The van der Waals surface area contributed by atoms with Gasteiger partial charge in [0, 0.05) is 43.2 Å². The third-order valence-electron chi connectivity index (χ3n) is 4.07. The molecule has 8 heteroatoms. The van der Waals surface area contributed by atoms with Crippen molar-refractivity contribution in [3.8, 4) is 11.3 Å². The number of urea groups is 1. The Kier molecular flexibility index (Phi) is 4.34. The second kappa shape index (κ2) is 6.94. The van der Waals surface area contributed by atoms with E-state index in [2.05, 4.69) is 32.9 Å². The molecule has 128 valence electrons. The minimum Gasteiger partial charge on any atom is -0.345 e. The highest BCUT2D eigenvalue weighted by molar-refractivity contribution is 7.14. The summed E-state index contributed by atoms with van der Waals surface area (Å²) in [6.45, 7) is 2.79. The number of piperazine rings is 1. The third kappa shape index (κ3) is 3.48. The number of hydrogen-bond donors (Lipinski definition) is 1. The monoisotopic (exact) mass is 355 g/mol. The molecule has 2 aromatic heterocycles. The predicted molar refractivity (Wildman–Crippen MR) is 96.9 cm³/mol. The van der Waals surface area contributed by atoms with Gasteiger partial charge in [-0.1, -0.05) is 35.5 Å². The van der Waals surface area contributed by atoms with Crippen LogP contribution in [0.2, 0.25) is 0 Å². The predicted octanol–water partition coefficient (Wildman–Crippen LogP) is 3.15. The number of carbonyl (C=O) groups excluding carboxylic acids is 1. The molecule has 7 nitrogen and oxygen atoms in total. The van der Waals surface area contributed by atoms with Gasteiger partial charge in [0.15, 0.2) is 5.13 Å². The number of nitrogens with one attached hydrogen (secondary N) is 1. The van der Waals surface area contributed by atoms with Gasteiger partial charge < -0.3 is 14.3 Å². The average Bonchev–Trinajstić information content (AvgIpc) is 3.34. The largest absolute Gasteiger partial charge is 0.345 e. The first kappa shape index (κ1) is 15.6. The molecule has 0 atom stereocenters. The normalized spacial score (nSPS) is 14.6. The van der Waals surface area contributed by atoms with Crippen LogP contribution in [0.1, 0.15) is 0 Å². The van der Waals surface area contributed by atoms with Crippen molar-refractivity contribution >= 4 is 28.4 Å². The summed E-state index contributed by atoms with van der Waals surface area (Å²) in [5, 5.41) is 9.35. The van der Waals surface area contributed by atoms with Crippen LogP contribution in [-0.2, 0) is 0 Å². The van der Waals surface area contributed by atoms with Crippen LogP contribution in [0.15, 0.2) is 52.5 Å². The standard InChI is InChI=1S/C17H17N5O2S/c23-16(20-15-6-7-18-24-15)21-8-10-22(11-9-21)17-19-14(12-25-17)13-4-2-1-3-5-13/h1-7,12H,8-11H2,(H,20,23). The van der Waals surface area contributed by atoms with Crippen molar-refractivity contribution in [2.45, 2.75) is 0 Å². The number of nitrogens with zero attached hydrogens (tertiary/aromatic N) is 4. The quantitative estimate of drug-likeness (QED) is 0.781. The zero-order valence-electron chi connectivity index (χ0n) is 13.5. The molecule has 1 aromatic carbocycles. The van der Waals surface area contributed by atoms with Crippen molar-refractivity contribution in [2.24, 2.45) is 0 Å². The summed E-state index contributed by atoms with van der Waals surface area (Å²) in [7, 11) is 0. The molecule has 25 heavy (non-hydrogen) atoms. The third-order valence-corrected chi connectivity index (χ3v) is 4.97. The Morgan fingerprint density at radius 1 is 1.12 bits per heavy atom. The van der Waals surface area contributed by atoms with Gasteiger partial charge in [0.25, 0.3) is 0 Å². The summed E-state index contributed by atoms with van der Waals surface area (Å²) in [4.78, 5) is 20.9. The van der Waals surface area contributed by atoms with Crippen LogP contribution in [0.5, 0.6) is 0 Å². The zero-order valence-corrected chi connectivity index (χ0v) is 14.3. The van der Waals surface area contributed by atoms with Gasteiger partial charge in [0.1, 0.15) is 0 Å². The van der Waals surface area contributed by atoms with Gasteiger partial charge in [-0.15, -0.1) is 11.3 Å². The molecule has 1 aliphatic rings. The molecule has 0 radical (unpaired) electrons. The van der Waals surface area contributed by atoms with Crippen molar-refractivity contribution in [3.63, 3.8) is 0 Å². The number of carbonyl (C=O) groups is 1. The molecule has 0 saturated carbocycles. The summed E-state index contributed by atoms with van der Waals surface area (Å²) >= 11 is 1.64. The highest BCUT2D eigenvalue weighted by Crippen LogP contribution is 2.28. The molecule has 0 spiro atoms. The number of benzene rings is 1. The fourth-order valence-electron chi connectivity index (χ4n) is 2.72. The maximum absolute atomic E-state index is 12.2. The highest BCUT2D eigenvalue weighted by Gasteiger charge is 2.23. The molecule has 1 fully saturated rings. The van der Waals surface area contributed by atoms with E-state index in [0.29, 0.717) is 19.0 Å². The highest BCUT2D eigenvalue weighted by atomic mass is 32.1. The Hall–Kier alpha value is -2.87. The lowest BCUT2D eigenvalue weighted by Gasteiger charge is -2.34. The second-order valence-corrected chi connectivity index (χ2v) is 6.50. The average molecular weight is 355 g/mol. The van der Waals surface area contributed by atoms with Crippen LogP contribution in [0.3, 0.4) is 0 Å². The van der Waals surface area contributed by atoms with E-state index in [1.54, 1.807) is 22.3 Å². The molecule has 1 saturated heterocycles. The van der Waals surface area contributed by atoms with Crippen LogP contribution in [0.4, 0.5) is 15.8 Å². The lowest BCUT2D eigenvalue weighted by Crippen LogP contribution is -2.50. The molecule has 3 aromatic rings. The van der Waals surface area contributed by atoms with Crippen molar-refractivity contribution in [2.75, 3.05) is 36.4 Å². The summed E-state index contributed by atoms with van der Waals surface area (Å²) in [5.41, 5.74) is 2.11. The van der Waals surface area contributed by atoms with Crippen molar-refractivity contribution in [1.29, 1.82) is 0 Å². The Bertz CT molecular complexity index is 826. The number of hydrogen-bond acceptors (Lipinski definition) is 6. The number of anilines is 2. The fourth-order valence-corrected chi connectivity index (χ4v) is 3.61. The topological polar surface area (TPSA) is 74.5 Å². The minimum atomic E-state index is -0.166. The number of rotatable bonds is 3. The van der Waals surface area contributed by atoms with Gasteiger partial charge in [0.05, 0.1) is 11.9 Å². The molecule has 0 unspecified atom stereocenters. The minimum absolute atomic E-state index is 0.166. The molecule has 4 rings (SSSR count). The van der Waals surface area contributed by atoms with Gasteiger partial charge in [-0.3, -0.25) is 5.32 Å². The van der Waals surface area contributed by atoms with Gasteiger partial charge in [-0.2, -0.15) is 0 Å². The first-order valence-electron chi connectivity index (χ1n) is 8.02. The Balaban J connectivity index is 1.36. The van der Waals surface area contributed by atoms with E-state index in [9.17, 15) is 4.79 Å². The van der Waals surface area contributed by atoms with E-state index in [1.165, 1.54) is 6.20 Å². The van der Waals surface area contributed by atoms with Crippen LogP contribution in [0.25, 0.3) is 11.3 Å². The molecular formula is C17H17N5O2S. The first-order chi connectivity index (χ1) is 12.3. The lowest BCUT2D eigenvalue weighted by atomic mass is 10.2. The van der Waals surface area contributed by atoms with Crippen molar-refractivity contribution in [1.82, 2.24) is 15.0 Å². The van der Waals surface area contributed by atoms with Crippen LogP contribution in [-0.4, -0.2) is 47.3 Å². The Morgan fingerprint density at radius 3 is 2.64 bits per heavy atom. The lowest BCUT2D eigenvalue weighted by molar-refractivity contribution is 0.207. The first-order valence-corrected chi connectivity index (χ1v) is 8.90. The molecule has 1 N–H and O–H groups in total. The van der Waals surface area contributed by atoms with Gasteiger partial charge >= 0.3 is 6.03 Å². The van der Waals surface area contributed by atoms with Crippen LogP contribution < -0.4 is 10.2 Å². The smallest absolute Gasteiger partial charge is 0.324 e. The maximum atomic E-state index is 12.2. The molecule has 0 aliphatic carbocycles. The van der Waals surface area contributed by atoms with E-state index in [-0.39, 0.29) is 6.03 Å². The molecule has 3 heterocycles. The van der Waals surface area contributed by atoms with E-state index >= 15 is 0 Å². The number of amides is 2. The van der Waals surface area contributed by atoms with E-state index in [1.807, 2.05) is 18.2 Å². The molecular weight excluding hydrogens is 338 g/mol. The van der Waals surface area contributed by atoms with Crippen LogP contribution in [0, 0.1) is 0 Å². The second-order valence-electron chi connectivity index (χ2n) is 5.66. The number of thiazole rings is 1. The summed E-state index contributed by atoms with van der Waals surface area (Å²) in [6, 6.07) is 11.6. The maximum Gasteiger partial charge on any atom is 0.324 e. The van der Waals surface area contributed by atoms with Crippen LogP contribution >= 0.6 is 11.3 Å². The Labute approximate surface area is 148 Å². The van der Waals surface area contributed by atoms with Crippen molar-refractivity contribution < 1.29 is 9.32 Å². The number of aromatic nitrogens is 2. The van der Waals surface area contributed by atoms with Crippen molar-refractivity contribution in [3.05, 3.63) is 48.0 Å². The fraction of sp³-hybridized carbons (Fsp3) is 0.235. The summed E-state index contributed by atoms with van der Waals surface area (Å²) in [5.74, 6) is 0.361. The van der Waals surface area contributed by atoms with E-state index in [4.69, 9.17) is 9.51 Å². The molecule has 0 bridgehead atoms. The summed E-state index contributed by atoms with van der Waals surface area (Å²) in [6.07, 6.45) is 1.50. The molecule has 2 amide bonds. The van der Waals surface area contributed by atoms with Gasteiger partial charge in [0.2, 0.25) is 5.88 Å². The van der Waals surface area contributed by atoms with E-state index < -0.39 is 0 Å². The van der Waals surface area contributed by atoms with Gasteiger partial charge in [-0.05, 0) is 0 Å². The molecule has 1 aliphatic heterocycles.